The van der Waals surface area contributed by atoms with E-state index in [0.717, 1.165) is 19.2 Å². The summed E-state index contributed by atoms with van der Waals surface area (Å²) in [4.78, 5) is 0. The van der Waals surface area contributed by atoms with E-state index in [1.54, 1.807) is 7.05 Å². The number of likely N-dealkylation sites (N-methyl/N-ethyl adjacent to an activating group) is 1. The van der Waals surface area contributed by atoms with E-state index in [4.69, 9.17) is 0 Å². The van der Waals surface area contributed by atoms with Crippen LogP contribution >= 0.6 is 0 Å². The molecule has 4 nitrogen and oxygen atoms in total. The van der Waals surface area contributed by atoms with Crippen molar-refractivity contribution in [1.29, 1.82) is 0 Å². The number of rotatable bonds is 5. The molecule has 7 heteroatoms. The van der Waals surface area contributed by atoms with Gasteiger partial charge in [-0.05, 0) is 24.7 Å². The molecule has 0 radical (unpaired) electrons. The minimum Gasteiger partial charge on any atom is -0.496 e. The number of hydrogen-bond donors (Lipinski definition) is 3. The van der Waals surface area contributed by atoms with E-state index in [1.165, 1.54) is 6.07 Å². The molecule has 1 aromatic rings. The number of alkyl halides is 3. The Hall–Kier alpha value is -1.31. The SMILES string of the molecule is CNCC(O)C(O)c1ccc(OC)c(C(F)(F)F)c1. The molecule has 0 amide bonds. The van der Waals surface area contributed by atoms with Crippen LogP contribution in [0.25, 0.3) is 0 Å². The normalized spacial score (nSPS) is 15.1. The summed E-state index contributed by atoms with van der Waals surface area (Å²) in [6.45, 7) is 0.0640. The highest BCUT2D eigenvalue weighted by atomic mass is 19.4. The topological polar surface area (TPSA) is 61.7 Å². The van der Waals surface area contributed by atoms with Crippen molar-refractivity contribution in [3.63, 3.8) is 0 Å². The number of halogens is 3. The zero-order valence-corrected chi connectivity index (χ0v) is 10.5. The first-order chi connectivity index (χ1) is 8.81. The summed E-state index contributed by atoms with van der Waals surface area (Å²) in [5.41, 5.74) is -1.00. The van der Waals surface area contributed by atoms with Crippen molar-refractivity contribution in [1.82, 2.24) is 5.32 Å². The van der Waals surface area contributed by atoms with E-state index in [9.17, 15) is 23.4 Å². The molecule has 0 fully saturated rings. The Balaban J connectivity index is 3.11. The van der Waals surface area contributed by atoms with E-state index in [0.29, 0.717) is 0 Å². The maximum absolute atomic E-state index is 12.8. The van der Waals surface area contributed by atoms with E-state index in [1.807, 2.05) is 0 Å². The number of nitrogens with one attached hydrogen (secondary N) is 1. The molecule has 2 unspecified atom stereocenters. The number of methoxy groups -OCH3 is 1. The second-order valence-corrected chi connectivity index (χ2v) is 4.03. The van der Waals surface area contributed by atoms with Crippen LogP contribution < -0.4 is 10.1 Å². The zero-order valence-electron chi connectivity index (χ0n) is 10.5. The molecular formula is C12H16F3NO3. The number of aliphatic hydroxyl groups excluding tert-OH is 2. The number of benzene rings is 1. The van der Waals surface area contributed by atoms with Crippen LogP contribution in [0, 0.1) is 0 Å². The quantitative estimate of drug-likeness (QED) is 0.761. The Labute approximate surface area is 108 Å². The third-order valence-corrected chi connectivity index (χ3v) is 2.65. The lowest BCUT2D eigenvalue weighted by atomic mass is 10.0. The largest absolute Gasteiger partial charge is 0.496 e. The van der Waals surface area contributed by atoms with Gasteiger partial charge in [0.2, 0.25) is 0 Å². The molecule has 0 bridgehead atoms. The van der Waals surface area contributed by atoms with E-state index >= 15 is 0 Å². The zero-order chi connectivity index (χ0) is 14.6. The first-order valence-electron chi connectivity index (χ1n) is 5.57. The van der Waals surface area contributed by atoms with Crippen molar-refractivity contribution in [2.75, 3.05) is 20.7 Å². The van der Waals surface area contributed by atoms with Crippen LogP contribution in [0.1, 0.15) is 17.2 Å². The second kappa shape index (κ2) is 6.23. The highest BCUT2D eigenvalue weighted by Gasteiger charge is 2.35. The fraction of sp³-hybridized carbons (Fsp3) is 0.500. The maximum atomic E-state index is 12.8. The molecule has 1 rings (SSSR count). The van der Waals surface area contributed by atoms with Gasteiger partial charge in [0.1, 0.15) is 11.9 Å². The summed E-state index contributed by atoms with van der Waals surface area (Å²) in [5.74, 6) is -0.327. The predicted molar refractivity (Wildman–Crippen MR) is 62.9 cm³/mol. The van der Waals surface area contributed by atoms with Crippen LogP contribution in [0.3, 0.4) is 0 Å². The van der Waals surface area contributed by atoms with Gasteiger partial charge in [-0.3, -0.25) is 0 Å². The van der Waals surface area contributed by atoms with Crippen molar-refractivity contribution in [2.45, 2.75) is 18.4 Å². The maximum Gasteiger partial charge on any atom is 0.419 e. The molecule has 108 valence electrons. The number of ether oxygens (including phenoxy) is 1. The minimum absolute atomic E-state index is 0.0177. The number of hydrogen-bond acceptors (Lipinski definition) is 4. The average molecular weight is 279 g/mol. The second-order valence-electron chi connectivity index (χ2n) is 4.03. The molecular weight excluding hydrogens is 263 g/mol. The molecule has 0 saturated carbocycles. The summed E-state index contributed by atoms with van der Waals surface area (Å²) in [6.07, 6.45) is -7.19. The molecule has 0 aliphatic carbocycles. The minimum atomic E-state index is -4.59. The van der Waals surface area contributed by atoms with E-state index in [-0.39, 0.29) is 17.9 Å². The molecule has 19 heavy (non-hydrogen) atoms. The van der Waals surface area contributed by atoms with Gasteiger partial charge in [-0.2, -0.15) is 13.2 Å². The lowest BCUT2D eigenvalue weighted by Crippen LogP contribution is -2.29. The Morgan fingerprint density at radius 2 is 1.95 bits per heavy atom. The van der Waals surface area contributed by atoms with Crippen molar-refractivity contribution in [2.24, 2.45) is 0 Å². The van der Waals surface area contributed by atoms with Gasteiger partial charge in [0.25, 0.3) is 0 Å². The number of aliphatic hydroxyl groups is 2. The standard InChI is InChI=1S/C12H16F3NO3/c1-16-6-9(17)11(18)7-3-4-10(19-2)8(5-7)12(13,14)15/h3-5,9,11,16-18H,6H2,1-2H3. The molecule has 0 saturated heterocycles. The average Bonchev–Trinajstić information content (AvgIpc) is 2.36. The van der Waals surface area contributed by atoms with Gasteiger partial charge in [-0.25, -0.2) is 0 Å². The lowest BCUT2D eigenvalue weighted by molar-refractivity contribution is -0.138. The smallest absolute Gasteiger partial charge is 0.419 e. The van der Waals surface area contributed by atoms with Crippen molar-refractivity contribution >= 4 is 0 Å². The highest BCUT2D eigenvalue weighted by Crippen LogP contribution is 2.37. The third kappa shape index (κ3) is 3.82. The van der Waals surface area contributed by atoms with Crippen LogP contribution in [0.2, 0.25) is 0 Å². The lowest BCUT2D eigenvalue weighted by Gasteiger charge is -2.20. The molecule has 2 atom stereocenters. The third-order valence-electron chi connectivity index (χ3n) is 2.65. The Kier molecular flexibility index (Phi) is 5.16. The summed E-state index contributed by atoms with van der Waals surface area (Å²) < 4.78 is 43.0. The summed E-state index contributed by atoms with van der Waals surface area (Å²) in [6, 6.07) is 3.19. The van der Waals surface area contributed by atoms with Gasteiger partial charge in [-0.1, -0.05) is 6.07 Å². The Morgan fingerprint density at radius 3 is 2.42 bits per heavy atom. The fourth-order valence-electron chi connectivity index (χ4n) is 1.67. The first kappa shape index (κ1) is 15.7. The van der Waals surface area contributed by atoms with Crippen LogP contribution in [0.15, 0.2) is 18.2 Å². The van der Waals surface area contributed by atoms with Crippen LogP contribution in [-0.4, -0.2) is 37.0 Å². The highest BCUT2D eigenvalue weighted by molar-refractivity contribution is 5.40. The van der Waals surface area contributed by atoms with Gasteiger partial charge in [-0.15, -0.1) is 0 Å². The van der Waals surface area contributed by atoms with Crippen LogP contribution in [0.5, 0.6) is 5.75 Å². The molecule has 0 aliphatic rings. The van der Waals surface area contributed by atoms with E-state index < -0.39 is 23.9 Å². The Bertz CT molecular complexity index is 423. The van der Waals surface area contributed by atoms with Gasteiger partial charge in [0, 0.05) is 6.54 Å². The van der Waals surface area contributed by atoms with Gasteiger partial charge < -0.3 is 20.3 Å². The van der Waals surface area contributed by atoms with Crippen molar-refractivity contribution in [3.8, 4) is 5.75 Å². The molecule has 0 aliphatic heterocycles. The van der Waals surface area contributed by atoms with Crippen molar-refractivity contribution < 1.29 is 28.1 Å². The molecule has 0 heterocycles. The molecule has 1 aromatic carbocycles. The van der Waals surface area contributed by atoms with E-state index in [2.05, 4.69) is 10.1 Å². The Morgan fingerprint density at radius 1 is 1.32 bits per heavy atom. The van der Waals surface area contributed by atoms with Gasteiger partial charge in [0.05, 0.1) is 18.8 Å². The predicted octanol–water partition coefficient (Wildman–Crippen LogP) is 1.33. The fourth-order valence-corrected chi connectivity index (χ4v) is 1.67. The van der Waals surface area contributed by atoms with Crippen molar-refractivity contribution in [3.05, 3.63) is 29.3 Å². The van der Waals surface area contributed by atoms with Gasteiger partial charge >= 0.3 is 6.18 Å². The summed E-state index contributed by atoms with van der Waals surface area (Å²) in [5, 5.41) is 22.0. The molecule has 0 aromatic heterocycles. The first-order valence-corrected chi connectivity index (χ1v) is 5.57. The monoisotopic (exact) mass is 279 g/mol. The van der Waals surface area contributed by atoms with Gasteiger partial charge in [0.15, 0.2) is 0 Å². The molecule has 0 spiro atoms. The summed E-state index contributed by atoms with van der Waals surface area (Å²) >= 11 is 0. The molecule has 3 N–H and O–H groups in total. The van der Waals surface area contributed by atoms with Crippen LogP contribution in [-0.2, 0) is 6.18 Å². The van der Waals surface area contributed by atoms with Crippen LogP contribution in [0.4, 0.5) is 13.2 Å². The summed E-state index contributed by atoms with van der Waals surface area (Å²) in [7, 11) is 2.70.